The maximum Gasteiger partial charge on any atom is 0.303 e. The number of Topliss-reactive ketones (excluding diaryl/α,β-unsaturated/α-hetero) is 1. The van der Waals surface area contributed by atoms with Gasteiger partial charge in [-0.15, -0.1) is 0 Å². The number of carboxylic acids is 1. The van der Waals surface area contributed by atoms with E-state index in [1.807, 2.05) is 19.9 Å². The Bertz CT molecular complexity index is 1030. The molecule has 1 aliphatic carbocycles. The lowest BCUT2D eigenvalue weighted by Gasteiger charge is -2.38. The average Bonchev–Trinajstić information content (AvgIpc) is 3.54. The van der Waals surface area contributed by atoms with Crippen LogP contribution < -0.4 is 4.74 Å². The fourth-order valence-corrected chi connectivity index (χ4v) is 5.36. The predicted molar refractivity (Wildman–Crippen MR) is 134 cm³/mol. The van der Waals surface area contributed by atoms with Crippen molar-refractivity contribution >= 4 is 11.8 Å². The second-order valence-corrected chi connectivity index (χ2v) is 10.7. The average molecular weight is 519 g/mol. The number of hydrogen-bond donors (Lipinski definition) is 4. The lowest BCUT2D eigenvalue weighted by Crippen LogP contribution is -2.50. The van der Waals surface area contributed by atoms with Crippen LogP contribution >= 0.6 is 0 Å². The van der Waals surface area contributed by atoms with E-state index in [-0.39, 0.29) is 49.5 Å². The minimum Gasteiger partial charge on any atom is -0.494 e. The van der Waals surface area contributed by atoms with Crippen molar-refractivity contribution in [2.45, 2.75) is 89.5 Å². The molecule has 3 aliphatic rings. The lowest BCUT2D eigenvalue weighted by molar-refractivity contribution is -0.165. The van der Waals surface area contributed by atoms with E-state index in [4.69, 9.17) is 19.3 Å². The molecule has 1 aromatic carbocycles. The van der Waals surface area contributed by atoms with Gasteiger partial charge in [0.25, 0.3) is 0 Å². The summed E-state index contributed by atoms with van der Waals surface area (Å²) in [4.78, 5) is 23.7. The summed E-state index contributed by atoms with van der Waals surface area (Å²) in [6.45, 7) is 6.10. The summed E-state index contributed by atoms with van der Waals surface area (Å²) in [5.74, 6) is -0.581. The van der Waals surface area contributed by atoms with E-state index in [1.165, 1.54) is 0 Å². The standard InChI is InChI=1S/C28H38O9/c1-14(21-11-17-10-19(6-7-20(17)26(21)33)35-8-4-5-24(30)31)9-22-27(34)25(32)18(13-36-22)12-23-28(37-23)15(2)16(3)29/h6-7,10,15-16,18,22-23,25,27-29,32,34H,4-5,8-9,11-13H2,1-3H3,(H,30,31)/t15-,16-,18-,22-,23-,25+,27-,28-/m0/s1. The Hall–Kier alpha value is -2.30. The Morgan fingerprint density at radius 3 is 2.65 bits per heavy atom. The van der Waals surface area contributed by atoms with Crippen molar-refractivity contribution in [1.82, 2.24) is 0 Å². The van der Waals surface area contributed by atoms with Gasteiger partial charge in [0.2, 0.25) is 0 Å². The number of aliphatic carboxylic acids is 1. The summed E-state index contributed by atoms with van der Waals surface area (Å²) >= 11 is 0. The summed E-state index contributed by atoms with van der Waals surface area (Å²) in [5.41, 5.74) is 2.94. The molecule has 4 N–H and O–H groups in total. The van der Waals surface area contributed by atoms with Crippen LogP contribution in [0.15, 0.2) is 29.3 Å². The Morgan fingerprint density at radius 2 is 1.95 bits per heavy atom. The van der Waals surface area contributed by atoms with Crippen LogP contribution in [0.4, 0.5) is 0 Å². The van der Waals surface area contributed by atoms with Crippen molar-refractivity contribution in [3.05, 3.63) is 40.5 Å². The van der Waals surface area contributed by atoms with Crippen molar-refractivity contribution in [2.75, 3.05) is 13.2 Å². The number of carbonyl (C=O) groups excluding carboxylic acids is 1. The molecule has 0 spiro atoms. The van der Waals surface area contributed by atoms with Gasteiger partial charge in [-0.2, -0.15) is 0 Å². The van der Waals surface area contributed by atoms with Gasteiger partial charge in [-0.25, -0.2) is 0 Å². The SMILES string of the molecule is CC(C[C@@H]1OC[C@H](C[C@@H]2O[C@H]2[C@@H](C)[C@H](C)O)[C@@H](O)[C@H]1O)=C1Cc2cc(OCCCC(=O)O)ccc2C1=O. The first-order valence-electron chi connectivity index (χ1n) is 13.1. The molecule has 37 heavy (non-hydrogen) atoms. The van der Waals surface area contributed by atoms with E-state index < -0.39 is 30.4 Å². The zero-order valence-electron chi connectivity index (χ0n) is 21.6. The molecule has 0 amide bonds. The number of fused-ring (bicyclic) bond motifs is 1. The number of hydrogen-bond acceptors (Lipinski definition) is 8. The van der Waals surface area contributed by atoms with E-state index in [2.05, 4.69) is 0 Å². The largest absolute Gasteiger partial charge is 0.494 e. The molecule has 0 saturated carbocycles. The Morgan fingerprint density at radius 1 is 1.19 bits per heavy atom. The summed E-state index contributed by atoms with van der Waals surface area (Å²) in [6.07, 6.45) is -1.44. The number of allylic oxidation sites excluding steroid dienone is 1. The third-order valence-corrected chi connectivity index (χ3v) is 7.96. The smallest absolute Gasteiger partial charge is 0.303 e. The predicted octanol–water partition coefficient (Wildman–Crippen LogP) is 2.29. The summed E-state index contributed by atoms with van der Waals surface area (Å²) in [7, 11) is 0. The van der Waals surface area contributed by atoms with E-state index in [0.717, 1.165) is 11.1 Å². The van der Waals surface area contributed by atoms with Gasteiger partial charge in [-0.1, -0.05) is 12.5 Å². The van der Waals surface area contributed by atoms with E-state index in [1.54, 1.807) is 19.1 Å². The molecular formula is C28H38O9. The maximum absolute atomic E-state index is 13.0. The third kappa shape index (κ3) is 6.41. The third-order valence-electron chi connectivity index (χ3n) is 7.96. The number of aliphatic hydroxyl groups is 3. The minimum atomic E-state index is -1.08. The molecular weight excluding hydrogens is 480 g/mol. The number of rotatable bonds is 11. The fraction of sp³-hybridized carbons (Fsp3) is 0.643. The molecule has 8 atom stereocenters. The highest BCUT2D eigenvalue weighted by Crippen LogP contribution is 2.39. The Kier molecular flexibility index (Phi) is 8.70. The van der Waals surface area contributed by atoms with Gasteiger partial charge < -0.3 is 34.6 Å². The first-order chi connectivity index (χ1) is 17.6. The second kappa shape index (κ2) is 11.6. The number of benzene rings is 1. The van der Waals surface area contributed by atoms with E-state index in [9.17, 15) is 24.9 Å². The first-order valence-corrected chi connectivity index (χ1v) is 13.1. The van der Waals surface area contributed by atoms with Gasteiger partial charge >= 0.3 is 5.97 Å². The van der Waals surface area contributed by atoms with Crippen LogP contribution in [0.25, 0.3) is 0 Å². The number of aliphatic hydroxyl groups excluding tert-OH is 3. The van der Waals surface area contributed by atoms with Crippen molar-refractivity contribution in [1.29, 1.82) is 0 Å². The van der Waals surface area contributed by atoms with Crippen molar-refractivity contribution < 1.29 is 44.2 Å². The van der Waals surface area contributed by atoms with Crippen molar-refractivity contribution in [3.63, 3.8) is 0 Å². The van der Waals surface area contributed by atoms with Gasteiger partial charge in [0, 0.05) is 35.8 Å². The molecule has 2 heterocycles. The molecule has 2 fully saturated rings. The van der Waals surface area contributed by atoms with Gasteiger partial charge in [0.15, 0.2) is 5.78 Å². The topological polar surface area (TPSA) is 146 Å². The molecule has 4 rings (SSSR count). The summed E-state index contributed by atoms with van der Waals surface area (Å²) < 4.78 is 17.3. The molecule has 0 aromatic heterocycles. The van der Waals surface area contributed by atoms with Gasteiger partial charge in [-0.3, -0.25) is 9.59 Å². The van der Waals surface area contributed by atoms with Gasteiger partial charge in [0.1, 0.15) is 11.9 Å². The Balaban J connectivity index is 1.32. The molecule has 0 unspecified atom stereocenters. The van der Waals surface area contributed by atoms with Crippen LogP contribution in [0.2, 0.25) is 0 Å². The highest BCUT2D eigenvalue weighted by atomic mass is 16.6. The normalized spacial score (nSPS) is 32.0. The summed E-state index contributed by atoms with van der Waals surface area (Å²) in [5, 5.41) is 40.1. The summed E-state index contributed by atoms with van der Waals surface area (Å²) in [6, 6.07) is 5.27. The number of carbonyl (C=O) groups is 2. The monoisotopic (exact) mass is 518 g/mol. The zero-order chi connectivity index (χ0) is 26.9. The first kappa shape index (κ1) is 27.7. The Labute approximate surface area is 217 Å². The van der Waals surface area contributed by atoms with E-state index in [0.29, 0.717) is 42.6 Å². The molecule has 0 bridgehead atoms. The van der Waals surface area contributed by atoms with Gasteiger partial charge in [0.05, 0.1) is 43.7 Å². The van der Waals surface area contributed by atoms with Crippen LogP contribution in [0.3, 0.4) is 0 Å². The maximum atomic E-state index is 13.0. The van der Waals surface area contributed by atoms with Crippen LogP contribution in [-0.4, -0.2) is 82.0 Å². The van der Waals surface area contributed by atoms with Crippen LogP contribution in [0.5, 0.6) is 5.75 Å². The van der Waals surface area contributed by atoms with Crippen LogP contribution in [0, 0.1) is 11.8 Å². The zero-order valence-corrected chi connectivity index (χ0v) is 21.6. The van der Waals surface area contributed by atoms with Crippen LogP contribution in [0.1, 0.15) is 62.4 Å². The lowest BCUT2D eigenvalue weighted by atomic mass is 9.85. The molecule has 2 aliphatic heterocycles. The minimum absolute atomic E-state index is 0.00578. The molecule has 2 saturated heterocycles. The second-order valence-electron chi connectivity index (χ2n) is 10.7. The molecule has 1 aromatic rings. The molecule has 9 nitrogen and oxygen atoms in total. The van der Waals surface area contributed by atoms with Gasteiger partial charge in [-0.05, 0) is 56.9 Å². The van der Waals surface area contributed by atoms with E-state index >= 15 is 0 Å². The fourth-order valence-electron chi connectivity index (χ4n) is 5.36. The highest BCUT2D eigenvalue weighted by Gasteiger charge is 2.48. The number of ether oxygens (including phenoxy) is 3. The number of epoxide rings is 1. The highest BCUT2D eigenvalue weighted by molar-refractivity contribution is 6.13. The molecule has 204 valence electrons. The van der Waals surface area contributed by atoms with Crippen molar-refractivity contribution in [3.8, 4) is 5.75 Å². The molecule has 0 radical (unpaired) electrons. The van der Waals surface area contributed by atoms with Crippen LogP contribution in [-0.2, 0) is 20.7 Å². The molecule has 9 heteroatoms. The van der Waals surface area contributed by atoms with Crippen molar-refractivity contribution in [2.24, 2.45) is 11.8 Å². The number of ketones is 1. The number of carboxylic acid groups (broad SMARTS) is 1. The quantitative estimate of drug-likeness (QED) is 0.197.